The highest BCUT2D eigenvalue weighted by molar-refractivity contribution is 6.29. The number of alkyl halides is 3. The van der Waals surface area contributed by atoms with E-state index in [1.54, 1.807) is 30.7 Å². The quantitative estimate of drug-likeness (QED) is 0.176. The summed E-state index contributed by atoms with van der Waals surface area (Å²) < 4.78 is 52.1. The maximum Gasteiger partial charge on any atom is 0.416 e. The molecule has 0 bridgehead atoms. The van der Waals surface area contributed by atoms with Crippen LogP contribution in [0, 0.1) is 5.82 Å². The van der Waals surface area contributed by atoms with E-state index in [1.807, 2.05) is 13.8 Å². The largest absolute Gasteiger partial charge is 0.416 e. The Morgan fingerprint density at radius 3 is 1.72 bits per heavy atom. The smallest absolute Gasteiger partial charge is 0.364 e. The molecule has 0 aliphatic rings. The first-order chi connectivity index (χ1) is 21.9. The molecule has 1 aromatic carbocycles. The first-order valence-electron chi connectivity index (χ1n) is 13.2. The molecule has 0 aliphatic carbocycles. The zero-order chi connectivity index (χ0) is 33.6. The summed E-state index contributed by atoms with van der Waals surface area (Å²) in [6, 6.07) is 5.58. The maximum atomic E-state index is 14.2. The number of benzene rings is 1. The van der Waals surface area contributed by atoms with E-state index in [9.17, 15) is 27.2 Å². The van der Waals surface area contributed by atoms with Crippen LogP contribution in [0.4, 0.5) is 17.6 Å². The Kier molecular flexibility index (Phi) is 10.1. The van der Waals surface area contributed by atoms with E-state index >= 15 is 0 Å². The first-order valence-corrected chi connectivity index (χ1v) is 13.6. The molecule has 0 spiro atoms. The number of halogens is 5. The van der Waals surface area contributed by atoms with E-state index in [0.29, 0.717) is 27.8 Å². The lowest BCUT2D eigenvalue weighted by Gasteiger charge is -2.10. The number of nitrogens with two attached hydrogens (primary N) is 2. The third kappa shape index (κ3) is 7.32. The summed E-state index contributed by atoms with van der Waals surface area (Å²) in [6.45, 7) is 4.00. The number of aromatic nitrogens is 7. The molecule has 0 atom stereocenters. The van der Waals surface area contributed by atoms with Crippen molar-refractivity contribution >= 4 is 45.5 Å². The standard InChI is InChI=1S/C15H8F4N4O.C13H8ClN5O.C2H6/c16-10-3-7(15(17,18)19)1-2-8(10)9-4-21-5-11-13(9)23-12(6-22-11)14(20)24;14-11-2-1-7(3-18-11)8-4-16-5-9-12(8)19-10(6-17-9)13(15)20;1-2/h1-6H,(H2,20,24);1-6H,(H2,15,20);1-2H3. The van der Waals surface area contributed by atoms with Crippen molar-refractivity contribution in [1.29, 1.82) is 0 Å². The summed E-state index contributed by atoms with van der Waals surface area (Å²) in [5, 5.41) is 0.394. The first kappa shape index (κ1) is 33.2. The third-order valence-electron chi connectivity index (χ3n) is 6.04. The van der Waals surface area contributed by atoms with Crippen LogP contribution in [0.25, 0.3) is 44.3 Å². The number of nitrogens with zero attached hydrogens (tertiary/aromatic N) is 7. The molecule has 0 unspecified atom stereocenters. The molecular formula is C30H22ClF4N9O2. The lowest BCUT2D eigenvalue weighted by atomic mass is 10.0. The van der Waals surface area contributed by atoms with Gasteiger partial charge in [0.25, 0.3) is 11.8 Å². The number of rotatable bonds is 4. The van der Waals surface area contributed by atoms with E-state index in [-0.39, 0.29) is 33.5 Å². The number of hydrogen-bond donors (Lipinski definition) is 2. The predicted molar refractivity (Wildman–Crippen MR) is 162 cm³/mol. The normalized spacial score (nSPS) is 10.8. The summed E-state index contributed by atoms with van der Waals surface area (Å²) in [5.74, 6) is -2.55. The number of carbonyl (C=O) groups is 2. The van der Waals surface area contributed by atoms with Gasteiger partial charge in [-0.05, 0) is 24.3 Å². The van der Waals surface area contributed by atoms with E-state index in [2.05, 4.69) is 34.9 Å². The number of hydrogen-bond acceptors (Lipinski definition) is 9. The number of amides is 2. The molecule has 11 nitrogen and oxygen atoms in total. The SMILES string of the molecule is CC.NC(=O)c1cnc2cncc(-c3ccc(C(F)(F)F)cc3F)c2n1.NC(=O)c1cnc2cncc(-c3ccc(Cl)nc3)c2n1. The fraction of sp³-hybridized carbons (Fsp3) is 0.100. The molecule has 0 radical (unpaired) electrons. The van der Waals surface area contributed by atoms with Crippen molar-refractivity contribution in [3.63, 3.8) is 0 Å². The van der Waals surface area contributed by atoms with Crippen molar-refractivity contribution in [2.75, 3.05) is 0 Å². The van der Waals surface area contributed by atoms with E-state index < -0.39 is 29.4 Å². The lowest BCUT2D eigenvalue weighted by Crippen LogP contribution is -2.13. The molecule has 16 heteroatoms. The molecule has 0 saturated heterocycles. The number of carbonyl (C=O) groups excluding carboxylic acids is 2. The third-order valence-corrected chi connectivity index (χ3v) is 6.27. The van der Waals surface area contributed by atoms with Crippen molar-refractivity contribution in [3.05, 3.63) is 102 Å². The van der Waals surface area contributed by atoms with Gasteiger partial charge >= 0.3 is 6.18 Å². The molecule has 0 fully saturated rings. The Morgan fingerprint density at radius 2 is 1.24 bits per heavy atom. The Hall–Kier alpha value is -5.70. The Balaban J connectivity index is 0.000000201. The van der Waals surface area contributed by atoms with E-state index in [1.165, 1.54) is 18.6 Å². The summed E-state index contributed by atoms with van der Waals surface area (Å²) >= 11 is 5.77. The molecule has 6 rings (SSSR count). The lowest BCUT2D eigenvalue weighted by molar-refractivity contribution is -0.137. The van der Waals surface area contributed by atoms with Crippen LogP contribution in [0.15, 0.2) is 73.7 Å². The molecule has 234 valence electrons. The second-order valence-electron chi connectivity index (χ2n) is 8.91. The van der Waals surface area contributed by atoms with Gasteiger partial charge in [0, 0.05) is 40.8 Å². The highest BCUT2D eigenvalue weighted by Gasteiger charge is 2.31. The fourth-order valence-corrected chi connectivity index (χ4v) is 4.07. The maximum absolute atomic E-state index is 14.2. The van der Waals surface area contributed by atoms with E-state index in [4.69, 9.17) is 23.1 Å². The fourth-order valence-electron chi connectivity index (χ4n) is 3.96. The summed E-state index contributed by atoms with van der Waals surface area (Å²) in [6.07, 6.45) is 5.18. The van der Waals surface area contributed by atoms with Crippen molar-refractivity contribution in [2.45, 2.75) is 20.0 Å². The van der Waals surface area contributed by atoms with Gasteiger partial charge < -0.3 is 11.5 Å². The Labute approximate surface area is 262 Å². The molecule has 46 heavy (non-hydrogen) atoms. The van der Waals surface area contributed by atoms with Crippen LogP contribution in [0.1, 0.15) is 40.4 Å². The molecule has 2 amide bonds. The molecule has 0 saturated carbocycles. The van der Waals surface area contributed by atoms with Crippen LogP contribution in [0.2, 0.25) is 5.15 Å². The highest BCUT2D eigenvalue weighted by atomic mass is 35.5. The second kappa shape index (κ2) is 13.9. The van der Waals surface area contributed by atoms with Gasteiger partial charge in [-0.2, -0.15) is 13.2 Å². The summed E-state index contributed by atoms with van der Waals surface area (Å²) in [7, 11) is 0. The van der Waals surface area contributed by atoms with Crippen molar-refractivity contribution < 1.29 is 27.2 Å². The van der Waals surface area contributed by atoms with Gasteiger partial charge in [0.15, 0.2) is 0 Å². The molecular weight excluding hydrogens is 630 g/mol. The minimum Gasteiger partial charge on any atom is -0.364 e. The van der Waals surface area contributed by atoms with Gasteiger partial charge in [-0.15, -0.1) is 0 Å². The monoisotopic (exact) mass is 651 g/mol. The van der Waals surface area contributed by atoms with Gasteiger partial charge in [0.1, 0.15) is 44.4 Å². The number of fused-ring (bicyclic) bond motifs is 2. The molecule has 5 heterocycles. The number of pyridine rings is 3. The van der Waals surface area contributed by atoms with Crippen LogP contribution in [-0.2, 0) is 6.18 Å². The summed E-state index contributed by atoms with van der Waals surface area (Å²) in [4.78, 5) is 50.7. The average Bonchev–Trinajstić information content (AvgIpc) is 3.05. The van der Waals surface area contributed by atoms with Gasteiger partial charge in [0.2, 0.25) is 0 Å². The summed E-state index contributed by atoms with van der Waals surface area (Å²) in [5.41, 5.74) is 12.1. The zero-order valence-electron chi connectivity index (χ0n) is 23.9. The van der Waals surface area contributed by atoms with Crippen molar-refractivity contribution in [2.24, 2.45) is 11.5 Å². The Morgan fingerprint density at radius 1 is 0.696 bits per heavy atom. The van der Waals surface area contributed by atoms with Crippen LogP contribution in [0.5, 0.6) is 0 Å². The average molecular weight is 652 g/mol. The van der Waals surface area contributed by atoms with Crippen molar-refractivity contribution in [1.82, 2.24) is 34.9 Å². The minimum absolute atomic E-state index is 0.104. The van der Waals surface area contributed by atoms with Crippen LogP contribution in [0.3, 0.4) is 0 Å². The van der Waals surface area contributed by atoms with Crippen LogP contribution >= 0.6 is 11.6 Å². The van der Waals surface area contributed by atoms with Gasteiger partial charge in [-0.3, -0.25) is 29.5 Å². The highest BCUT2D eigenvalue weighted by Crippen LogP contribution is 2.34. The molecule has 0 aliphatic heterocycles. The Bertz CT molecular complexity index is 2060. The van der Waals surface area contributed by atoms with Gasteiger partial charge in [-0.1, -0.05) is 31.5 Å². The molecule has 6 aromatic rings. The van der Waals surface area contributed by atoms with Crippen LogP contribution in [-0.4, -0.2) is 46.7 Å². The van der Waals surface area contributed by atoms with Gasteiger partial charge in [0.05, 0.1) is 30.4 Å². The molecule has 5 aromatic heterocycles. The second-order valence-corrected chi connectivity index (χ2v) is 9.30. The van der Waals surface area contributed by atoms with Crippen molar-refractivity contribution in [3.8, 4) is 22.3 Å². The van der Waals surface area contributed by atoms with Gasteiger partial charge in [-0.25, -0.2) is 19.3 Å². The van der Waals surface area contributed by atoms with E-state index in [0.717, 1.165) is 23.9 Å². The zero-order valence-corrected chi connectivity index (χ0v) is 24.7. The van der Waals surface area contributed by atoms with Crippen LogP contribution < -0.4 is 11.5 Å². The number of primary amides is 2. The minimum atomic E-state index is -4.66. The predicted octanol–water partition coefficient (Wildman–Crippen LogP) is 5.81. The topological polar surface area (TPSA) is 176 Å². The molecule has 4 N–H and O–H groups in total.